The molecular weight excluding hydrogens is 492 g/mol. The number of hydrogen-bond donors (Lipinski definition) is 3. The second kappa shape index (κ2) is 14.0. The van der Waals surface area contributed by atoms with E-state index in [1.165, 1.54) is 37.7 Å². The largest absolute Gasteiger partial charge is 0.354 e. The molecule has 1 saturated carbocycles. The van der Waals surface area contributed by atoms with Crippen molar-refractivity contribution in [3.05, 3.63) is 96.4 Å². The van der Waals surface area contributed by atoms with E-state index in [2.05, 4.69) is 58.1 Å². The van der Waals surface area contributed by atoms with Crippen LogP contribution in [0.15, 0.2) is 85.3 Å². The first-order valence-corrected chi connectivity index (χ1v) is 13.4. The van der Waals surface area contributed by atoms with E-state index in [9.17, 15) is 0 Å². The minimum atomic E-state index is 0. The van der Waals surface area contributed by atoms with Gasteiger partial charge in [-0.3, -0.25) is 4.98 Å². The number of hydrogen-bond acceptors (Lipinski definition) is 6. The lowest BCUT2D eigenvalue weighted by Crippen LogP contribution is -2.35. The fourth-order valence-electron chi connectivity index (χ4n) is 5.19. The molecule has 4 aromatic rings. The number of nitrogens with one attached hydrogen (secondary N) is 2. The van der Waals surface area contributed by atoms with Crippen LogP contribution < -0.4 is 16.4 Å². The average Bonchev–Trinajstić information content (AvgIpc) is 2.98. The lowest BCUT2D eigenvalue weighted by Gasteiger charge is -2.29. The molecule has 5 rings (SSSR count). The van der Waals surface area contributed by atoms with Gasteiger partial charge in [-0.2, -0.15) is 0 Å². The van der Waals surface area contributed by atoms with E-state index in [4.69, 9.17) is 15.7 Å². The summed E-state index contributed by atoms with van der Waals surface area (Å²) >= 11 is 0. The average molecular weight is 529 g/mol. The smallest absolute Gasteiger partial charge is 0.223 e. The molecule has 0 spiro atoms. The third-order valence-corrected chi connectivity index (χ3v) is 7.18. The molecule has 0 aliphatic heterocycles. The van der Waals surface area contributed by atoms with Gasteiger partial charge in [0.15, 0.2) is 0 Å². The Hall–Kier alpha value is -3.32. The van der Waals surface area contributed by atoms with Crippen molar-refractivity contribution in [3.63, 3.8) is 0 Å². The van der Waals surface area contributed by atoms with Gasteiger partial charge in [0.05, 0.1) is 5.69 Å². The number of halogens is 1. The summed E-state index contributed by atoms with van der Waals surface area (Å²) in [6, 6.07) is 23.9. The maximum Gasteiger partial charge on any atom is 0.223 e. The number of nitrogens with zero attached hydrogens (tertiary/aromatic N) is 3. The summed E-state index contributed by atoms with van der Waals surface area (Å²) < 4.78 is 0. The van der Waals surface area contributed by atoms with E-state index in [0.29, 0.717) is 24.6 Å². The van der Waals surface area contributed by atoms with Crippen LogP contribution >= 0.6 is 12.4 Å². The van der Waals surface area contributed by atoms with Crippen LogP contribution in [0.3, 0.4) is 0 Å². The highest BCUT2D eigenvalue weighted by Crippen LogP contribution is 2.31. The van der Waals surface area contributed by atoms with Gasteiger partial charge in [-0.05, 0) is 54.2 Å². The Labute approximate surface area is 231 Å². The third-order valence-electron chi connectivity index (χ3n) is 7.18. The predicted molar refractivity (Wildman–Crippen MR) is 158 cm³/mol. The van der Waals surface area contributed by atoms with Gasteiger partial charge in [0.25, 0.3) is 0 Å². The number of pyridine rings is 1. The maximum absolute atomic E-state index is 5.90. The molecule has 0 bridgehead atoms. The predicted octanol–water partition coefficient (Wildman–Crippen LogP) is 6.55. The van der Waals surface area contributed by atoms with Crippen LogP contribution in [0.2, 0.25) is 0 Å². The molecular formula is C31H37ClN6. The number of benzene rings is 2. The zero-order valence-electron chi connectivity index (χ0n) is 21.7. The minimum Gasteiger partial charge on any atom is -0.354 e. The van der Waals surface area contributed by atoms with E-state index >= 15 is 0 Å². The van der Waals surface area contributed by atoms with E-state index in [1.54, 1.807) is 12.4 Å². The van der Waals surface area contributed by atoms with Gasteiger partial charge in [0, 0.05) is 54.9 Å². The number of nitrogens with two attached hydrogens (primary N) is 1. The van der Waals surface area contributed by atoms with Crippen molar-refractivity contribution in [2.75, 3.05) is 11.9 Å². The van der Waals surface area contributed by atoms with Crippen molar-refractivity contribution < 1.29 is 0 Å². The summed E-state index contributed by atoms with van der Waals surface area (Å²) in [5.74, 6) is 0.634. The Morgan fingerprint density at radius 3 is 2.45 bits per heavy atom. The van der Waals surface area contributed by atoms with Crippen LogP contribution in [0.5, 0.6) is 0 Å². The van der Waals surface area contributed by atoms with Gasteiger partial charge in [0.1, 0.15) is 0 Å². The molecule has 2 heterocycles. The second-order valence-corrected chi connectivity index (χ2v) is 9.78. The molecule has 0 unspecified atom stereocenters. The van der Waals surface area contributed by atoms with Crippen molar-refractivity contribution in [2.24, 2.45) is 5.73 Å². The molecule has 4 N–H and O–H groups in total. The Bertz CT molecular complexity index is 1260. The molecule has 6 nitrogen and oxygen atoms in total. The molecule has 0 amide bonds. The van der Waals surface area contributed by atoms with Crippen molar-refractivity contribution in [1.29, 1.82) is 0 Å². The number of rotatable bonds is 10. The number of aromatic nitrogens is 3. The molecule has 1 fully saturated rings. The van der Waals surface area contributed by atoms with E-state index in [-0.39, 0.29) is 12.4 Å². The fraction of sp³-hybridized carbons (Fsp3) is 0.323. The highest BCUT2D eigenvalue weighted by atomic mass is 35.5. The molecule has 1 atom stereocenters. The first-order valence-electron chi connectivity index (χ1n) is 13.4. The standard InChI is InChI=1S/C31H36N6.ClH/c32-21-23-8-7-11-26(20-23)28-22-35-31(37-30(28)25-14-17-33-18-15-25)34-19-16-29(24-9-3-1-4-10-24)36-27-12-5-2-6-13-27;/h1,3-4,7-11,14-15,17-18,20,22,27,29,36H,2,5-6,12-13,16,19,21,32H2,(H,34,35,37);1H/t29-;/m0./s1. The Balaban J connectivity index is 0.00000336. The minimum absolute atomic E-state index is 0. The molecule has 0 radical (unpaired) electrons. The van der Waals surface area contributed by atoms with Gasteiger partial charge < -0.3 is 16.4 Å². The van der Waals surface area contributed by atoms with Crippen LogP contribution in [0.1, 0.15) is 55.7 Å². The second-order valence-electron chi connectivity index (χ2n) is 9.78. The fourth-order valence-corrected chi connectivity index (χ4v) is 5.19. The molecule has 1 aliphatic carbocycles. The maximum atomic E-state index is 5.90. The first-order chi connectivity index (χ1) is 18.3. The van der Waals surface area contributed by atoms with Crippen molar-refractivity contribution >= 4 is 18.4 Å². The van der Waals surface area contributed by atoms with Crippen LogP contribution in [-0.2, 0) is 6.54 Å². The van der Waals surface area contributed by atoms with Gasteiger partial charge in [-0.25, -0.2) is 9.97 Å². The van der Waals surface area contributed by atoms with Gasteiger partial charge in [-0.15, -0.1) is 12.4 Å². The zero-order valence-corrected chi connectivity index (χ0v) is 22.5. The Morgan fingerprint density at radius 2 is 1.68 bits per heavy atom. The molecule has 1 aliphatic rings. The third kappa shape index (κ3) is 7.16. The Kier molecular flexibility index (Phi) is 10.2. The van der Waals surface area contributed by atoms with Crippen molar-refractivity contribution in [3.8, 4) is 22.4 Å². The van der Waals surface area contributed by atoms with Crippen molar-refractivity contribution in [1.82, 2.24) is 20.3 Å². The van der Waals surface area contributed by atoms with Crippen LogP contribution in [-0.4, -0.2) is 27.5 Å². The van der Waals surface area contributed by atoms with E-state index < -0.39 is 0 Å². The summed E-state index contributed by atoms with van der Waals surface area (Å²) in [7, 11) is 0. The highest BCUT2D eigenvalue weighted by molar-refractivity contribution is 5.85. The van der Waals surface area contributed by atoms with E-state index in [0.717, 1.165) is 40.9 Å². The first kappa shape index (κ1) is 27.7. The topological polar surface area (TPSA) is 88.8 Å². The van der Waals surface area contributed by atoms with Gasteiger partial charge >= 0.3 is 0 Å². The number of anilines is 1. The van der Waals surface area contributed by atoms with Gasteiger partial charge in [0.2, 0.25) is 5.95 Å². The molecule has 7 heteroatoms. The summed E-state index contributed by atoms with van der Waals surface area (Å²) in [5.41, 5.74) is 12.2. The lowest BCUT2D eigenvalue weighted by atomic mass is 9.93. The van der Waals surface area contributed by atoms with Crippen LogP contribution in [0, 0.1) is 0 Å². The zero-order chi connectivity index (χ0) is 25.3. The van der Waals surface area contributed by atoms with Crippen LogP contribution in [0.25, 0.3) is 22.4 Å². The highest BCUT2D eigenvalue weighted by Gasteiger charge is 2.19. The van der Waals surface area contributed by atoms with Gasteiger partial charge in [-0.1, -0.05) is 67.8 Å². The SMILES string of the molecule is Cl.NCc1cccc(-c2cnc(NCC[C@H](NC3CCCCC3)c3ccccc3)nc2-c2ccncc2)c1. The quantitative estimate of drug-likeness (QED) is 0.216. The van der Waals surface area contributed by atoms with E-state index in [1.807, 2.05) is 30.5 Å². The summed E-state index contributed by atoms with van der Waals surface area (Å²) in [4.78, 5) is 13.8. The summed E-state index contributed by atoms with van der Waals surface area (Å²) in [6.07, 6.45) is 13.0. The monoisotopic (exact) mass is 528 g/mol. The summed E-state index contributed by atoms with van der Waals surface area (Å²) in [5, 5.41) is 7.43. The van der Waals surface area contributed by atoms with Crippen LogP contribution in [0.4, 0.5) is 5.95 Å². The Morgan fingerprint density at radius 1 is 0.895 bits per heavy atom. The molecule has 198 valence electrons. The molecule has 2 aromatic heterocycles. The summed E-state index contributed by atoms with van der Waals surface area (Å²) in [6.45, 7) is 1.27. The molecule has 0 saturated heterocycles. The van der Waals surface area contributed by atoms with Crippen molar-refractivity contribution in [2.45, 2.75) is 57.2 Å². The molecule has 38 heavy (non-hydrogen) atoms. The normalized spacial score (nSPS) is 14.4. The molecule has 2 aromatic carbocycles. The lowest BCUT2D eigenvalue weighted by molar-refractivity contribution is 0.332.